The first kappa shape index (κ1) is 28.9. The molecule has 0 aliphatic carbocycles. The SMILES string of the molecule is CCN(CC)c1ccc(/C=C(/NC(=O)c2ccccc2)C(=O)N/N=C/c2c(C)c(Br)c(O)c(Br)c2O)cc1. The molecule has 38 heavy (non-hydrogen) atoms. The second-order valence-corrected chi connectivity index (χ2v) is 9.79. The summed E-state index contributed by atoms with van der Waals surface area (Å²) in [6.45, 7) is 7.57. The standard InChI is InChI=1S/C28H28Br2N4O4/c1-4-34(5-2)20-13-11-18(12-14-20)15-22(32-27(37)19-9-7-6-8-10-19)28(38)33-31-16-21-17(3)23(29)26(36)24(30)25(21)35/h6-16,35-36H,4-5H2,1-3H3,(H,32,37)(H,33,38)/b22-15+,31-16+. The number of carbonyl (C=O) groups excluding carboxylic acids is 2. The van der Waals surface area contributed by atoms with Crippen molar-refractivity contribution in [2.75, 3.05) is 18.0 Å². The van der Waals surface area contributed by atoms with E-state index >= 15 is 0 Å². The average Bonchev–Trinajstić information content (AvgIpc) is 2.94. The number of phenols is 2. The Labute approximate surface area is 238 Å². The third kappa shape index (κ3) is 6.81. The van der Waals surface area contributed by atoms with E-state index in [9.17, 15) is 19.8 Å². The molecule has 0 aromatic heterocycles. The lowest BCUT2D eigenvalue weighted by Gasteiger charge is -2.21. The Hall–Kier alpha value is -3.63. The van der Waals surface area contributed by atoms with Gasteiger partial charge in [-0.3, -0.25) is 9.59 Å². The molecule has 198 valence electrons. The molecular weight excluding hydrogens is 616 g/mol. The number of amides is 2. The van der Waals surface area contributed by atoms with Crippen LogP contribution in [0, 0.1) is 6.92 Å². The number of nitrogens with zero attached hydrogens (tertiary/aromatic N) is 2. The predicted octanol–water partition coefficient (Wildman–Crippen LogP) is 5.70. The molecule has 0 aliphatic heterocycles. The van der Waals surface area contributed by atoms with Crippen molar-refractivity contribution >= 4 is 61.7 Å². The number of nitrogens with one attached hydrogen (secondary N) is 2. The number of hydrogen-bond acceptors (Lipinski definition) is 6. The van der Waals surface area contributed by atoms with E-state index in [0.717, 1.165) is 18.8 Å². The summed E-state index contributed by atoms with van der Waals surface area (Å²) in [5.41, 5.74) is 5.35. The fourth-order valence-corrected chi connectivity index (χ4v) is 4.74. The van der Waals surface area contributed by atoms with Gasteiger partial charge in [0.05, 0.1) is 10.7 Å². The highest BCUT2D eigenvalue weighted by Crippen LogP contribution is 2.43. The van der Waals surface area contributed by atoms with Crippen LogP contribution in [0.2, 0.25) is 0 Å². The molecule has 0 fully saturated rings. The van der Waals surface area contributed by atoms with Gasteiger partial charge >= 0.3 is 0 Å². The zero-order valence-electron chi connectivity index (χ0n) is 21.1. The highest BCUT2D eigenvalue weighted by molar-refractivity contribution is 9.11. The summed E-state index contributed by atoms with van der Waals surface area (Å²) < 4.78 is 0.463. The summed E-state index contributed by atoms with van der Waals surface area (Å²) in [7, 11) is 0. The summed E-state index contributed by atoms with van der Waals surface area (Å²) in [5, 5.41) is 27.1. The lowest BCUT2D eigenvalue weighted by Crippen LogP contribution is -2.32. The van der Waals surface area contributed by atoms with Crippen LogP contribution >= 0.6 is 31.9 Å². The van der Waals surface area contributed by atoms with E-state index < -0.39 is 11.8 Å². The minimum atomic E-state index is -0.660. The van der Waals surface area contributed by atoms with Gasteiger partial charge < -0.3 is 20.4 Å². The van der Waals surface area contributed by atoms with E-state index in [1.54, 1.807) is 43.3 Å². The fraction of sp³-hybridized carbons (Fsp3) is 0.179. The van der Waals surface area contributed by atoms with Crippen LogP contribution in [0.15, 0.2) is 74.3 Å². The molecule has 0 radical (unpaired) electrons. The summed E-state index contributed by atoms with van der Waals surface area (Å²) in [5.74, 6) is -1.49. The van der Waals surface area contributed by atoms with Crippen molar-refractivity contribution in [2.24, 2.45) is 5.10 Å². The Morgan fingerprint density at radius 3 is 2.18 bits per heavy atom. The van der Waals surface area contributed by atoms with E-state index in [-0.39, 0.29) is 27.2 Å². The fourth-order valence-electron chi connectivity index (χ4n) is 3.65. The normalized spacial score (nSPS) is 11.4. The van der Waals surface area contributed by atoms with Crippen molar-refractivity contribution in [3.05, 3.63) is 91.5 Å². The molecule has 3 rings (SSSR count). The van der Waals surface area contributed by atoms with Crippen molar-refractivity contribution in [3.8, 4) is 11.5 Å². The quantitative estimate of drug-likeness (QED) is 0.136. The number of halogens is 2. The van der Waals surface area contributed by atoms with Gasteiger partial charge in [0.2, 0.25) is 0 Å². The first-order valence-electron chi connectivity index (χ1n) is 11.8. The Balaban J connectivity index is 1.89. The largest absolute Gasteiger partial charge is 0.506 e. The Bertz CT molecular complexity index is 1340. The molecule has 4 N–H and O–H groups in total. The summed E-state index contributed by atoms with van der Waals surface area (Å²) in [6.07, 6.45) is 2.82. The van der Waals surface area contributed by atoms with E-state index in [0.29, 0.717) is 21.2 Å². The maximum Gasteiger partial charge on any atom is 0.287 e. The molecule has 10 heteroatoms. The van der Waals surface area contributed by atoms with Crippen molar-refractivity contribution in [2.45, 2.75) is 20.8 Å². The minimum Gasteiger partial charge on any atom is -0.506 e. The number of rotatable bonds is 9. The van der Waals surface area contributed by atoms with Gasteiger partial charge in [-0.2, -0.15) is 5.10 Å². The summed E-state index contributed by atoms with van der Waals surface area (Å²) in [4.78, 5) is 28.1. The van der Waals surface area contributed by atoms with Crippen LogP contribution in [0.25, 0.3) is 6.08 Å². The van der Waals surface area contributed by atoms with Crippen molar-refractivity contribution in [1.82, 2.24) is 10.7 Å². The number of aromatic hydroxyl groups is 2. The van der Waals surface area contributed by atoms with Gasteiger partial charge in [0.15, 0.2) is 0 Å². The topological polar surface area (TPSA) is 114 Å². The summed E-state index contributed by atoms with van der Waals surface area (Å²) >= 11 is 6.40. The molecule has 0 bridgehead atoms. The highest BCUT2D eigenvalue weighted by Gasteiger charge is 2.18. The number of phenolic OH excluding ortho intramolecular Hbond substituents is 2. The van der Waals surface area contributed by atoms with Crippen LogP contribution in [-0.4, -0.2) is 41.3 Å². The lowest BCUT2D eigenvalue weighted by molar-refractivity contribution is -0.117. The third-order valence-electron chi connectivity index (χ3n) is 5.83. The van der Waals surface area contributed by atoms with Gasteiger partial charge in [-0.05, 0) is 94.1 Å². The summed E-state index contributed by atoms with van der Waals surface area (Å²) in [6, 6.07) is 16.2. The van der Waals surface area contributed by atoms with E-state index in [2.05, 4.69) is 66.5 Å². The molecule has 2 amide bonds. The number of anilines is 1. The Morgan fingerprint density at radius 2 is 1.58 bits per heavy atom. The van der Waals surface area contributed by atoms with E-state index in [4.69, 9.17) is 0 Å². The number of hydrazone groups is 1. The second-order valence-electron chi connectivity index (χ2n) is 8.20. The molecule has 0 heterocycles. The van der Waals surface area contributed by atoms with Crippen molar-refractivity contribution < 1.29 is 19.8 Å². The Morgan fingerprint density at radius 1 is 0.947 bits per heavy atom. The highest BCUT2D eigenvalue weighted by atomic mass is 79.9. The maximum absolute atomic E-state index is 13.1. The van der Waals surface area contributed by atoms with Gasteiger partial charge in [-0.15, -0.1) is 0 Å². The van der Waals surface area contributed by atoms with E-state index in [1.807, 2.05) is 24.3 Å². The zero-order valence-corrected chi connectivity index (χ0v) is 24.3. The molecule has 0 saturated carbocycles. The molecule has 0 saturated heterocycles. The first-order valence-corrected chi connectivity index (χ1v) is 13.4. The molecule has 0 unspecified atom stereocenters. The maximum atomic E-state index is 13.1. The molecular formula is C28H28Br2N4O4. The van der Waals surface area contributed by atoms with Crippen molar-refractivity contribution in [3.63, 3.8) is 0 Å². The van der Waals surface area contributed by atoms with Gasteiger partial charge in [0, 0.05) is 29.9 Å². The van der Waals surface area contributed by atoms with Gasteiger partial charge in [0.1, 0.15) is 21.7 Å². The molecule has 3 aromatic carbocycles. The van der Waals surface area contributed by atoms with Crippen LogP contribution in [-0.2, 0) is 4.79 Å². The predicted molar refractivity (Wildman–Crippen MR) is 158 cm³/mol. The Kier molecular flexibility index (Phi) is 10.1. The van der Waals surface area contributed by atoms with Crippen LogP contribution in [0.1, 0.15) is 40.9 Å². The third-order valence-corrected chi connectivity index (χ3v) is 7.55. The number of benzene rings is 3. The smallest absolute Gasteiger partial charge is 0.287 e. The number of carbonyl (C=O) groups is 2. The van der Waals surface area contributed by atoms with Crippen molar-refractivity contribution in [1.29, 1.82) is 0 Å². The minimum absolute atomic E-state index is 0.0133. The lowest BCUT2D eigenvalue weighted by atomic mass is 10.1. The van der Waals surface area contributed by atoms with Gasteiger partial charge in [0.25, 0.3) is 11.8 Å². The van der Waals surface area contributed by atoms with Crippen LogP contribution in [0.5, 0.6) is 11.5 Å². The van der Waals surface area contributed by atoms with Crippen LogP contribution < -0.4 is 15.6 Å². The van der Waals surface area contributed by atoms with Crippen LogP contribution in [0.4, 0.5) is 5.69 Å². The van der Waals surface area contributed by atoms with Gasteiger partial charge in [-0.1, -0.05) is 30.3 Å². The molecule has 0 atom stereocenters. The molecule has 0 aliphatic rings. The molecule has 8 nitrogen and oxygen atoms in total. The molecule has 0 spiro atoms. The second kappa shape index (κ2) is 13.3. The number of hydrogen-bond donors (Lipinski definition) is 4. The first-order chi connectivity index (χ1) is 18.2. The average molecular weight is 644 g/mol. The zero-order chi connectivity index (χ0) is 27.8. The monoisotopic (exact) mass is 642 g/mol. The van der Waals surface area contributed by atoms with Crippen LogP contribution in [0.3, 0.4) is 0 Å². The molecule has 3 aromatic rings. The van der Waals surface area contributed by atoms with E-state index in [1.165, 1.54) is 6.21 Å². The van der Waals surface area contributed by atoms with Gasteiger partial charge in [-0.25, -0.2) is 5.43 Å².